The van der Waals surface area contributed by atoms with Crippen LogP contribution in [0.3, 0.4) is 0 Å². The molecule has 0 radical (unpaired) electrons. The number of carbonyl (C=O) groups is 2. The van der Waals surface area contributed by atoms with Gasteiger partial charge in [-0.2, -0.15) is 0 Å². The number of hydrogen-bond donors (Lipinski definition) is 0. The lowest BCUT2D eigenvalue weighted by Gasteiger charge is -2.18. The number of rotatable bonds is 4. The molecule has 0 amide bonds. The third kappa shape index (κ3) is 3.59. The van der Waals surface area contributed by atoms with Crippen molar-refractivity contribution >= 4 is 11.8 Å². The average Bonchev–Trinajstić information content (AvgIpc) is 2.75. The van der Waals surface area contributed by atoms with E-state index in [0.717, 1.165) is 42.6 Å². The Morgan fingerprint density at radius 3 is 2.62 bits per heavy atom. The van der Waals surface area contributed by atoms with Crippen molar-refractivity contribution in [2.45, 2.75) is 65.5 Å². The number of ether oxygens (including phenoxy) is 1. The normalized spacial score (nSPS) is 16.9. The second kappa shape index (κ2) is 7.48. The van der Waals surface area contributed by atoms with Crippen LogP contribution in [0.5, 0.6) is 0 Å². The molecule has 26 heavy (non-hydrogen) atoms. The fourth-order valence-electron chi connectivity index (χ4n) is 3.78. The summed E-state index contributed by atoms with van der Waals surface area (Å²) in [6, 6.07) is 9.67. The fourth-order valence-corrected chi connectivity index (χ4v) is 3.78. The Balaban J connectivity index is 2.03. The van der Waals surface area contributed by atoms with Gasteiger partial charge in [0.1, 0.15) is 0 Å². The van der Waals surface area contributed by atoms with E-state index < -0.39 is 0 Å². The third-order valence-corrected chi connectivity index (χ3v) is 4.93. The molecule has 0 fully saturated rings. The van der Waals surface area contributed by atoms with E-state index in [2.05, 4.69) is 4.57 Å². The van der Waals surface area contributed by atoms with Gasteiger partial charge in [-0.05, 0) is 58.2 Å². The van der Waals surface area contributed by atoms with Gasteiger partial charge in [0.2, 0.25) is 5.78 Å². The Morgan fingerprint density at radius 2 is 1.92 bits per heavy atom. The van der Waals surface area contributed by atoms with E-state index in [1.54, 1.807) is 0 Å². The molecule has 3 rings (SSSR count). The van der Waals surface area contributed by atoms with Crippen LogP contribution in [0.2, 0.25) is 0 Å². The van der Waals surface area contributed by atoms with Crippen molar-refractivity contribution in [3.05, 3.63) is 58.4 Å². The highest BCUT2D eigenvalue weighted by Gasteiger charge is 2.31. The Bertz CT molecular complexity index is 832. The third-order valence-electron chi connectivity index (χ3n) is 4.93. The fraction of sp³-hybridized carbons (Fsp3) is 0.455. The number of aryl methyl sites for hydroxylation is 2. The van der Waals surface area contributed by atoms with E-state index >= 15 is 0 Å². The van der Waals surface area contributed by atoms with Gasteiger partial charge in [0.05, 0.1) is 17.7 Å². The number of carbonyl (C=O) groups excluding carboxylic acids is 2. The first-order valence-electron chi connectivity index (χ1n) is 9.40. The van der Waals surface area contributed by atoms with Gasteiger partial charge in [-0.15, -0.1) is 0 Å². The molecule has 1 aliphatic heterocycles. The number of ketones is 1. The Hall–Kier alpha value is -2.36. The summed E-state index contributed by atoms with van der Waals surface area (Å²) in [5.74, 6) is -0.455. The number of aromatic nitrogens is 1. The zero-order valence-electron chi connectivity index (χ0n) is 16.0. The first-order chi connectivity index (χ1) is 12.4. The first kappa shape index (κ1) is 18.4. The molecule has 0 aliphatic carbocycles. The van der Waals surface area contributed by atoms with Crippen molar-refractivity contribution < 1.29 is 14.3 Å². The molecule has 0 N–H and O–H groups in total. The highest BCUT2D eigenvalue weighted by molar-refractivity contribution is 6.09. The molecule has 1 atom stereocenters. The van der Waals surface area contributed by atoms with Crippen LogP contribution >= 0.6 is 0 Å². The van der Waals surface area contributed by atoms with Crippen LogP contribution in [-0.2, 0) is 16.1 Å². The highest BCUT2D eigenvalue weighted by Crippen LogP contribution is 2.33. The quantitative estimate of drug-likeness (QED) is 0.598. The predicted molar refractivity (Wildman–Crippen MR) is 102 cm³/mol. The monoisotopic (exact) mass is 353 g/mol. The van der Waals surface area contributed by atoms with Crippen molar-refractivity contribution in [3.8, 4) is 0 Å². The molecule has 2 aromatic rings. The lowest BCUT2D eigenvalue weighted by molar-refractivity contribution is -0.149. The summed E-state index contributed by atoms with van der Waals surface area (Å²) in [5, 5.41) is 0. The standard InChI is InChI=1S/C22H27NO3/c1-14(2)26-22(25)18-10-5-6-11-23-19(18)13-16(4)20(23)21(24)17-9-7-8-15(3)12-17/h7-9,12-14,18H,5-6,10-11H2,1-4H3. The molecule has 2 heterocycles. The molecule has 0 bridgehead atoms. The van der Waals surface area contributed by atoms with Crippen LogP contribution < -0.4 is 0 Å². The van der Waals surface area contributed by atoms with Gasteiger partial charge in [-0.3, -0.25) is 9.59 Å². The topological polar surface area (TPSA) is 48.3 Å². The number of nitrogens with zero attached hydrogens (tertiary/aromatic N) is 1. The van der Waals surface area contributed by atoms with Gasteiger partial charge < -0.3 is 9.30 Å². The maximum atomic E-state index is 13.2. The molecule has 0 spiro atoms. The lowest BCUT2D eigenvalue weighted by Crippen LogP contribution is -2.22. The van der Waals surface area contributed by atoms with E-state index in [0.29, 0.717) is 11.3 Å². The number of benzene rings is 1. The molecule has 0 saturated carbocycles. The van der Waals surface area contributed by atoms with Gasteiger partial charge >= 0.3 is 5.97 Å². The van der Waals surface area contributed by atoms with Crippen LogP contribution in [0.25, 0.3) is 0 Å². The molecule has 1 aromatic carbocycles. The van der Waals surface area contributed by atoms with Crippen LogP contribution in [0.15, 0.2) is 30.3 Å². The number of esters is 1. The molecule has 0 saturated heterocycles. The smallest absolute Gasteiger partial charge is 0.315 e. The molecule has 4 heteroatoms. The summed E-state index contributed by atoms with van der Waals surface area (Å²) in [6.07, 6.45) is 2.55. The van der Waals surface area contributed by atoms with Crippen LogP contribution in [-0.4, -0.2) is 22.4 Å². The lowest BCUT2D eigenvalue weighted by atomic mass is 9.99. The van der Waals surface area contributed by atoms with Crippen molar-refractivity contribution in [1.29, 1.82) is 0 Å². The summed E-state index contributed by atoms with van der Waals surface area (Å²) < 4.78 is 7.53. The molecule has 4 nitrogen and oxygen atoms in total. The molecular formula is C22H27NO3. The predicted octanol–water partition coefficient (Wildman–Crippen LogP) is 4.56. The van der Waals surface area contributed by atoms with E-state index in [9.17, 15) is 9.59 Å². The maximum absolute atomic E-state index is 13.2. The van der Waals surface area contributed by atoms with Crippen molar-refractivity contribution in [1.82, 2.24) is 4.57 Å². The molecule has 138 valence electrons. The SMILES string of the molecule is Cc1cccc(C(=O)c2c(C)cc3n2CCCCC3C(=O)OC(C)C)c1. The minimum Gasteiger partial charge on any atom is -0.462 e. The van der Waals surface area contributed by atoms with Crippen molar-refractivity contribution in [2.75, 3.05) is 0 Å². The van der Waals surface area contributed by atoms with Gasteiger partial charge in [0.15, 0.2) is 0 Å². The van der Waals surface area contributed by atoms with Crippen molar-refractivity contribution in [3.63, 3.8) is 0 Å². The van der Waals surface area contributed by atoms with Crippen LogP contribution in [0.4, 0.5) is 0 Å². The van der Waals surface area contributed by atoms with E-state index in [1.807, 2.05) is 58.0 Å². The second-order valence-electron chi connectivity index (χ2n) is 7.49. The summed E-state index contributed by atoms with van der Waals surface area (Å²) in [5.41, 5.74) is 4.31. The zero-order chi connectivity index (χ0) is 18.8. The first-order valence-corrected chi connectivity index (χ1v) is 9.40. The Kier molecular flexibility index (Phi) is 5.30. The molecular weight excluding hydrogens is 326 g/mol. The van der Waals surface area contributed by atoms with Crippen LogP contribution in [0, 0.1) is 13.8 Å². The summed E-state index contributed by atoms with van der Waals surface area (Å²) in [6.45, 7) is 8.44. The molecule has 1 unspecified atom stereocenters. The summed E-state index contributed by atoms with van der Waals surface area (Å²) >= 11 is 0. The number of fused-ring (bicyclic) bond motifs is 1. The van der Waals surface area contributed by atoms with Crippen molar-refractivity contribution in [2.24, 2.45) is 0 Å². The van der Waals surface area contributed by atoms with Gasteiger partial charge in [0.25, 0.3) is 0 Å². The summed E-state index contributed by atoms with van der Waals surface area (Å²) in [4.78, 5) is 25.8. The molecule has 1 aromatic heterocycles. The summed E-state index contributed by atoms with van der Waals surface area (Å²) in [7, 11) is 0. The van der Waals surface area contributed by atoms with E-state index in [-0.39, 0.29) is 23.8 Å². The minimum absolute atomic E-state index is 0.0235. The minimum atomic E-state index is -0.294. The van der Waals surface area contributed by atoms with E-state index in [4.69, 9.17) is 4.74 Å². The molecule has 1 aliphatic rings. The zero-order valence-corrected chi connectivity index (χ0v) is 16.0. The van der Waals surface area contributed by atoms with Crippen LogP contribution in [0.1, 0.15) is 71.9 Å². The average molecular weight is 353 g/mol. The van der Waals surface area contributed by atoms with E-state index in [1.165, 1.54) is 0 Å². The van der Waals surface area contributed by atoms with Gasteiger partial charge in [0, 0.05) is 17.8 Å². The maximum Gasteiger partial charge on any atom is 0.315 e. The Labute approximate surface area is 155 Å². The Morgan fingerprint density at radius 1 is 1.15 bits per heavy atom. The number of hydrogen-bond acceptors (Lipinski definition) is 3. The van der Waals surface area contributed by atoms with Gasteiger partial charge in [-0.1, -0.05) is 30.2 Å². The highest BCUT2D eigenvalue weighted by atomic mass is 16.5. The second-order valence-corrected chi connectivity index (χ2v) is 7.49. The largest absolute Gasteiger partial charge is 0.462 e. The van der Waals surface area contributed by atoms with Gasteiger partial charge in [-0.25, -0.2) is 0 Å².